The van der Waals surface area contributed by atoms with Gasteiger partial charge in [-0.2, -0.15) is 0 Å². The fourth-order valence-corrected chi connectivity index (χ4v) is 5.78. The lowest BCUT2D eigenvalue weighted by Gasteiger charge is -2.18. The normalized spacial score (nSPS) is 14.5. The molecule has 0 saturated heterocycles. The van der Waals surface area contributed by atoms with Crippen LogP contribution in [-0.2, 0) is 19.2 Å². The number of halogens is 1. The summed E-state index contributed by atoms with van der Waals surface area (Å²) in [5, 5.41) is 5.57. The summed E-state index contributed by atoms with van der Waals surface area (Å²) in [5.41, 5.74) is 8.08. The minimum Gasteiger partial charge on any atom is -0.358 e. The fraction of sp³-hybridized carbons (Fsp3) is 0.452. The van der Waals surface area contributed by atoms with Crippen LogP contribution in [0, 0.1) is 19.7 Å². The molecule has 0 saturated carbocycles. The molecule has 0 spiro atoms. The lowest BCUT2D eigenvalue weighted by atomic mass is 10.0. The number of carbonyl (C=O) groups is 5. The summed E-state index contributed by atoms with van der Waals surface area (Å²) in [6, 6.07) is 2.96. The molecule has 1 aliphatic rings. The smallest absolute Gasteiger partial charge is 0.265 e. The molecule has 5 N–H and O–H groups in total. The molecule has 2 aromatic rings. The number of nitrogens with zero attached hydrogens (tertiary/aromatic N) is 2. The van der Waals surface area contributed by atoms with Crippen LogP contribution in [0.25, 0.3) is 11.6 Å². The summed E-state index contributed by atoms with van der Waals surface area (Å²) < 4.78 is 14.3. The summed E-state index contributed by atoms with van der Waals surface area (Å²) in [6.07, 6.45) is 1.25. The van der Waals surface area contributed by atoms with Crippen LogP contribution in [0.15, 0.2) is 18.2 Å². The van der Waals surface area contributed by atoms with E-state index in [1.165, 1.54) is 18.2 Å². The summed E-state index contributed by atoms with van der Waals surface area (Å²) in [4.78, 5) is 70.9. The van der Waals surface area contributed by atoms with Crippen molar-refractivity contribution < 1.29 is 28.4 Å². The standard InChI is InChI=1S/C31H42FN6O5P/c1-6-37(7-2)15-14-34-29(41)28-18(3)24(35-19(28)4)17-22-21-16-20(32)8-9-25(21)38(30(22)42)27(40)11-10-26(39)36-23(12-13-33)31(43)44-5/h8-9,16-17,23,35,44H,6-7,10-15,33H2,1-5H3,(H,34,41)(H,36,39)/b22-17-/t23-/m0/s1. The summed E-state index contributed by atoms with van der Waals surface area (Å²) in [7, 11) is -0.0130. The third kappa shape index (κ3) is 8.05. The highest BCUT2D eigenvalue weighted by atomic mass is 31.1. The van der Waals surface area contributed by atoms with E-state index in [2.05, 4.69) is 34.4 Å². The number of carbonyl (C=O) groups excluding carboxylic acids is 5. The van der Waals surface area contributed by atoms with Gasteiger partial charge >= 0.3 is 0 Å². The number of nitrogens with two attached hydrogens (primary N) is 1. The molecule has 238 valence electrons. The number of rotatable bonds is 15. The molecule has 4 amide bonds. The Morgan fingerprint density at radius 3 is 2.50 bits per heavy atom. The van der Waals surface area contributed by atoms with Gasteiger partial charge in [0.1, 0.15) is 5.82 Å². The van der Waals surface area contributed by atoms with Crippen molar-refractivity contribution in [3.05, 3.63) is 52.1 Å². The van der Waals surface area contributed by atoms with Crippen molar-refractivity contribution in [1.82, 2.24) is 20.5 Å². The number of H-pyrrole nitrogens is 1. The van der Waals surface area contributed by atoms with Crippen LogP contribution >= 0.6 is 8.58 Å². The first-order chi connectivity index (χ1) is 21.0. The maximum atomic E-state index is 14.3. The zero-order valence-electron chi connectivity index (χ0n) is 25.9. The van der Waals surface area contributed by atoms with Crippen LogP contribution < -0.4 is 21.3 Å². The van der Waals surface area contributed by atoms with Crippen molar-refractivity contribution in [2.45, 2.75) is 53.0 Å². The van der Waals surface area contributed by atoms with E-state index in [1.54, 1.807) is 20.5 Å². The Balaban J connectivity index is 1.82. The summed E-state index contributed by atoms with van der Waals surface area (Å²) in [5.74, 6) is -2.66. The van der Waals surface area contributed by atoms with Gasteiger partial charge in [0.15, 0.2) is 5.52 Å². The van der Waals surface area contributed by atoms with Crippen molar-refractivity contribution in [2.75, 3.05) is 44.3 Å². The number of fused-ring (bicyclic) bond motifs is 1. The molecule has 2 heterocycles. The lowest BCUT2D eigenvalue weighted by molar-refractivity contribution is -0.128. The van der Waals surface area contributed by atoms with Gasteiger partial charge in [-0.25, -0.2) is 9.29 Å². The Labute approximate surface area is 259 Å². The highest BCUT2D eigenvalue weighted by Gasteiger charge is 2.37. The van der Waals surface area contributed by atoms with E-state index >= 15 is 0 Å². The quantitative estimate of drug-likeness (QED) is 0.174. The van der Waals surface area contributed by atoms with Crippen molar-refractivity contribution in [3.8, 4) is 0 Å². The van der Waals surface area contributed by atoms with Gasteiger partial charge in [-0.1, -0.05) is 22.4 Å². The van der Waals surface area contributed by atoms with Gasteiger partial charge in [0.05, 0.1) is 22.9 Å². The molecule has 44 heavy (non-hydrogen) atoms. The average molecular weight is 629 g/mol. The predicted molar refractivity (Wildman–Crippen MR) is 171 cm³/mol. The Morgan fingerprint density at radius 2 is 1.86 bits per heavy atom. The highest BCUT2D eigenvalue weighted by molar-refractivity contribution is 7.57. The molecule has 13 heteroatoms. The number of aryl methyl sites for hydroxylation is 1. The second kappa shape index (κ2) is 15.8. The van der Waals surface area contributed by atoms with Crippen LogP contribution in [0.5, 0.6) is 0 Å². The number of anilines is 1. The minimum atomic E-state index is -0.723. The number of likely N-dealkylation sites (N-methyl/N-ethyl adjacent to an activating group) is 1. The molecule has 3 rings (SSSR count). The van der Waals surface area contributed by atoms with Gasteiger partial charge in [-0.05, 0) is 76.4 Å². The molecule has 0 radical (unpaired) electrons. The number of aromatic amines is 1. The molecule has 1 aromatic carbocycles. The summed E-state index contributed by atoms with van der Waals surface area (Å²) >= 11 is 0. The molecule has 1 aliphatic heterocycles. The first kappa shape index (κ1) is 34.8. The van der Waals surface area contributed by atoms with Crippen molar-refractivity contribution in [3.63, 3.8) is 0 Å². The van der Waals surface area contributed by atoms with E-state index in [-0.39, 0.29) is 62.6 Å². The van der Waals surface area contributed by atoms with Crippen molar-refractivity contribution >= 4 is 55.1 Å². The molecule has 1 unspecified atom stereocenters. The number of hydrogen-bond donors (Lipinski definition) is 4. The van der Waals surface area contributed by atoms with Gasteiger partial charge in [0.25, 0.3) is 11.8 Å². The van der Waals surface area contributed by atoms with E-state index in [9.17, 15) is 28.4 Å². The molecule has 1 aromatic heterocycles. The zero-order valence-corrected chi connectivity index (χ0v) is 26.9. The van der Waals surface area contributed by atoms with Gasteiger partial charge in [0, 0.05) is 42.9 Å². The second-order valence-corrected chi connectivity index (χ2v) is 11.5. The Morgan fingerprint density at radius 1 is 1.16 bits per heavy atom. The average Bonchev–Trinajstić information content (AvgIpc) is 3.43. The third-order valence-corrected chi connectivity index (χ3v) is 8.53. The molecule has 11 nitrogen and oxygen atoms in total. The predicted octanol–water partition coefficient (Wildman–Crippen LogP) is 2.70. The van der Waals surface area contributed by atoms with Crippen molar-refractivity contribution in [1.29, 1.82) is 0 Å². The van der Waals surface area contributed by atoms with Crippen molar-refractivity contribution in [2.24, 2.45) is 5.73 Å². The van der Waals surface area contributed by atoms with E-state index in [1.807, 2.05) is 0 Å². The SMILES string of the molecule is CCN(CC)CCNC(=O)c1c(C)[nH]c(/C=C2\C(=O)N(C(=O)CCC(=O)N[C@@H](CCN)C(=O)PC)c3ccc(F)cc32)c1C. The van der Waals surface area contributed by atoms with E-state index < -0.39 is 29.6 Å². The number of benzene rings is 1. The van der Waals surface area contributed by atoms with Crippen LogP contribution in [0.4, 0.5) is 10.1 Å². The number of amides is 4. The Hall–Kier alpha value is -3.73. The number of aromatic nitrogens is 1. The minimum absolute atomic E-state index is 0.0130. The largest absolute Gasteiger partial charge is 0.358 e. The van der Waals surface area contributed by atoms with Crippen LogP contribution in [0.3, 0.4) is 0 Å². The van der Waals surface area contributed by atoms with Crippen LogP contribution in [-0.4, -0.2) is 84.5 Å². The molecule has 0 bridgehead atoms. The maximum absolute atomic E-state index is 14.3. The number of imide groups is 1. The topological polar surface area (TPSA) is 158 Å². The maximum Gasteiger partial charge on any atom is 0.265 e. The van der Waals surface area contributed by atoms with Gasteiger partial charge in [-0.3, -0.25) is 24.0 Å². The van der Waals surface area contributed by atoms with E-state index in [4.69, 9.17) is 5.73 Å². The van der Waals surface area contributed by atoms with Gasteiger partial charge in [-0.15, -0.1) is 0 Å². The highest BCUT2D eigenvalue weighted by Crippen LogP contribution is 2.39. The number of hydrogen-bond acceptors (Lipinski definition) is 7. The van der Waals surface area contributed by atoms with E-state index in [0.29, 0.717) is 35.6 Å². The molecular formula is C31H42FN6O5P. The lowest BCUT2D eigenvalue weighted by Crippen LogP contribution is -2.41. The molecular weight excluding hydrogens is 586 g/mol. The Kier molecular flexibility index (Phi) is 12.5. The van der Waals surface area contributed by atoms with E-state index in [0.717, 1.165) is 24.1 Å². The fourth-order valence-electron chi connectivity index (χ4n) is 5.22. The molecule has 2 atom stereocenters. The third-order valence-electron chi connectivity index (χ3n) is 7.69. The zero-order chi connectivity index (χ0) is 32.6. The second-order valence-electron chi connectivity index (χ2n) is 10.5. The van der Waals surface area contributed by atoms with Crippen LogP contribution in [0.2, 0.25) is 0 Å². The summed E-state index contributed by atoms with van der Waals surface area (Å²) in [6.45, 7) is 12.5. The first-order valence-electron chi connectivity index (χ1n) is 14.8. The Bertz CT molecular complexity index is 1450. The molecule has 0 aliphatic carbocycles. The van der Waals surface area contributed by atoms with Gasteiger partial charge < -0.3 is 26.3 Å². The van der Waals surface area contributed by atoms with Gasteiger partial charge in [0.2, 0.25) is 11.8 Å². The molecule has 0 fully saturated rings. The monoisotopic (exact) mass is 628 g/mol. The first-order valence-corrected chi connectivity index (χ1v) is 16.3. The van der Waals surface area contributed by atoms with Crippen LogP contribution in [0.1, 0.15) is 66.0 Å². The number of nitrogens with one attached hydrogen (secondary N) is 3.